The molecule has 8 heteroatoms. The summed E-state index contributed by atoms with van der Waals surface area (Å²) in [5.74, 6) is 0. The molecule has 0 aliphatic rings. The minimum absolute atomic E-state index is 0.881. The highest BCUT2D eigenvalue weighted by atomic mass is 79.9. The zero-order valence-corrected chi connectivity index (χ0v) is 14.5. The van der Waals surface area contributed by atoms with Crippen molar-refractivity contribution in [1.82, 2.24) is 17.5 Å². The van der Waals surface area contributed by atoms with Crippen LogP contribution in [-0.4, -0.2) is 17.5 Å². The van der Waals surface area contributed by atoms with Gasteiger partial charge in [-0.1, -0.05) is 12.1 Å². The van der Waals surface area contributed by atoms with Crippen LogP contribution in [-0.2, 0) is 0 Å². The van der Waals surface area contributed by atoms with Crippen LogP contribution in [0.3, 0.4) is 0 Å². The Kier molecular flexibility index (Phi) is 3.06. The van der Waals surface area contributed by atoms with Gasteiger partial charge in [-0.25, -0.2) is 0 Å². The number of aromatic nitrogens is 4. The monoisotopic (exact) mass is 426 g/mol. The summed E-state index contributed by atoms with van der Waals surface area (Å²) >= 11 is 9.44. The quantitative estimate of drug-likeness (QED) is 0.434. The standard InChI is InChI=1S/C12H4Br2N4S2/c13-7-3-1-5(9-11(7)17-19-15-9)6-2-4-8(14)12-10(6)16-20-18-12/h1-4H. The maximum absolute atomic E-state index is 4.41. The number of hydrogen-bond donors (Lipinski definition) is 0. The molecule has 0 saturated carbocycles. The number of halogens is 2. The van der Waals surface area contributed by atoms with Gasteiger partial charge in [0.1, 0.15) is 22.1 Å². The summed E-state index contributed by atoms with van der Waals surface area (Å²) in [6.07, 6.45) is 0. The van der Waals surface area contributed by atoms with Gasteiger partial charge in [-0.3, -0.25) is 0 Å². The van der Waals surface area contributed by atoms with Crippen LogP contribution in [0, 0.1) is 0 Å². The van der Waals surface area contributed by atoms with Crippen molar-refractivity contribution in [2.75, 3.05) is 0 Å². The molecule has 20 heavy (non-hydrogen) atoms. The van der Waals surface area contributed by atoms with Crippen molar-refractivity contribution in [3.05, 3.63) is 33.2 Å². The van der Waals surface area contributed by atoms with Crippen LogP contribution in [0.25, 0.3) is 33.2 Å². The zero-order chi connectivity index (χ0) is 13.7. The Morgan fingerprint density at radius 1 is 0.600 bits per heavy atom. The van der Waals surface area contributed by atoms with Gasteiger partial charge < -0.3 is 0 Å². The molecule has 0 atom stereocenters. The molecule has 0 aliphatic heterocycles. The van der Waals surface area contributed by atoms with Crippen molar-refractivity contribution in [3.63, 3.8) is 0 Å². The SMILES string of the molecule is Brc1ccc(-c2ccc(Br)c3nsnc23)c2nsnc12. The molecule has 0 spiro atoms. The van der Waals surface area contributed by atoms with Crippen LogP contribution in [0.4, 0.5) is 0 Å². The highest BCUT2D eigenvalue weighted by molar-refractivity contribution is 9.11. The molecule has 2 aromatic heterocycles. The molecule has 0 unspecified atom stereocenters. The molecular formula is C12H4Br2N4S2. The highest BCUT2D eigenvalue weighted by Gasteiger charge is 2.15. The normalized spacial score (nSPS) is 11.5. The molecule has 0 bridgehead atoms. The number of benzene rings is 2. The first-order valence-corrected chi connectivity index (χ1v) is 8.62. The largest absolute Gasteiger partial charge is 0.172 e. The summed E-state index contributed by atoms with van der Waals surface area (Å²) in [7, 11) is 0. The summed E-state index contributed by atoms with van der Waals surface area (Å²) in [6.45, 7) is 0. The Morgan fingerprint density at radius 3 is 1.45 bits per heavy atom. The lowest BCUT2D eigenvalue weighted by Gasteiger charge is -2.04. The van der Waals surface area contributed by atoms with Crippen LogP contribution in [0.15, 0.2) is 33.2 Å². The summed E-state index contributed by atoms with van der Waals surface area (Å²) in [5.41, 5.74) is 5.60. The first-order valence-electron chi connectivity index (χ1n) is 5.57. The molecular weight excluding hydrogens is 424 g/mol. The molecule has 0 saturated heterocycles. The Labute approximate surface area is 138 Å². The summed E-state index contributed by atoms with van der Waals surface area (Å²) in [5, 5.41) is 0. The highest BCUT2D eigenvalue weighted by Crippen LogP contribution is 2.37. The number of rotatable bonds is 1. The lowest BCUT2D eigenvalue weighted by molar-refractivity contribution is 1.56. The molecule has 0 fully saturated rings. The van der Waals surface area contributed by atoms with Crippen LogP contribution in [0.1, 0.15) is 0 Å². The van der Waals surface area contributed by atoms with E-state index in [1.807, 2.05) is 24.3 Å². The Balaban J connectivity index is 2.12. The van der Waals surface area contributed by atoms with Gasteiger partial charge >= 0.3 is 0 Å². The molecule has 98 valence electrons. The Morgan fingerprint density at radius 2 is 1.00 bits per heavy atom. The molecule has 4 rings (SSSR count). The van der Waals surface area contributed by atoms with E-state index in [1.54, 1.807) is 0 Å². The lowest BCUT2D eigenvalue weighted by Crippen LogP contribution is -1.85. The fraction of sp³-hybridized carbons (Fsp3) is 0. The van der Waals surface area contributed by atoms with Gasteiger partial charge in [0.25, 0.3) is 0 Å². The lowest BCUT2D eigenvalue weighted by atomic mass is 10.0. The summed E-state index contributed by atoms with van der Waals surface area (Å²) in [4.78, 5) is 0. The molecule has 4 nitrogen and oxygen atoms in total. The van der Waals surface area contributed by atoms with E-state index in [0.717, 1.165) is 42.1 Å². The average molecular weight is 428 g/mol. The van der Waals surface area contributed by atoms with Crippen LogP contribution in [0.2, 0.25) is 0 Å². The van der Waals surface area contributed by atoms with Crippen molar-refractivity contribution >= 4 is 77.4 Å². The molecule has 4 aromatic rings. The van der Waals surface area contributed by atoms with Gasteiger partial charge in [-0.2, -0.15) is 17.5 Å². The zero-order valence-electron chi connectivity index (χ0n) is 9.67. The van der Waals surface area contributed by atoms with Crippen molar-refractivity contribution in [2.45, 2.75) is 0 Å². The fourth-order valence-electron chi connectivity index (χ4n) is 2.11. The predicted molar refractivity (Wildman–Crippen MR) is 89.2 cm³/mol. The third kappa shape index (κ3) is 1.82. The third-order valence-corrected chi connectivity index (χ3v) is 5.36. The van der Waals surface area contributed by atoms with Gasteiger partial charge in [0.2, 0.25) is 0 Å². The molecule has 2 heterocycles. The van der Waals surface area contributed by atoms with E-state index in [4.69, 9.17) is 0 Å². The van der Waals surface area contributed by atoms with Crippen LogP contribution < -0.4 is 0 Å². The minimum atomic E-state index is 0.881. The maximum Gasteiger partial charge on any atom is 0.119 e. The van der Waals surface area contributed by atoms with Crippen LogP contribution in [0.5, 0.6) is 0 Å². The Hall–Kier alpha value is -0.960. The van der Waals surface area contributed by atoms with E-state index in [9.17, 15) is 0 Å². The van der Waals surface area contributed by atoms with Crippen LogP contribution >= 0.6 is 55.3 Å². The van der Waals surface area contributed by atoms with Gasteiger partial charge in [-0.05, 0) is 44.0 Å². The second-order valence-corrected chi connectivity index (χ2v) is 6.88. The van der Waals surface area contributed by atoms with Crippen molar-refractivity contribution in [1.29, 1.82) is 0 Å². The Bertz CT molecular complexity index is 869. The predicted octanol–water partition coefficient (Wildman–Crippen LogP) is 4.89. The molecule has 2 aromatic carbocycles. The van der Waals surface area contributed by atoms with E-state index in [-0.39, 0.29) is 0 Å². The van der Waals surface area contributed by atoms with Crippen molar-refractivity contribution in [2.24, 2.45) is 0 Å². The van der Waals surface area contributed by atoms with Gasteiger partial charge in [-0.15, -0.1) is 0 Å². The van der Waals surface area contributed by atoms with E-state index >= 15 is 0 Å². The smallest absolute Gasteiger partial charge is 0.119 e. The summed E-state index contributed by atoms with van der Waals surface area (Å²) < 4.78 is 19.4. The van der Waals surface area contributed by atoms with E-state index in [1.165, 1.54) is 23.5 Å². The van der Waals surface area contributed by atoms with E-state index in [0.29, 0.717) is 0 Å². The van der Waals surface area contributed by atoms with E-state index in [2.05, 4.69) is 49.4 Å². The second kappa shape index (κ2) is 4.80. The fourth-order valence-corrected chi connectivity index (χ4v) is 4.31. The number of nitrogens with zero attached hydrogens (tertiary/aromatic N) is 4. The molecule has 0 aliphatic carbocycles. The van der Waals surface area contributed by atoms with E-state index < -0.39 is 0 Å². The van der Waals surface area contributed by atoms with Gasteiger partial charge in [0.05, 0.1) is 23.5 Å². The van der Waals surface area contributed by atoms with Gasteiger partial charge in [0.15, 0.2) is 0 Å². The van der Waals surface area contributed by atoms with Gasteiger partial charge in [0, 0.05) is 20.1 Å². The first kappa shape index (κ1) is 12.8. The van der Waals surface area contributed by atoms with Crippen molar-refractivity contribution < 1.29 is 0 Å². The van der Waals surface area contributed by atoms with Crippen molar-refractivity contribution in [3.8, 4) is 11.1 Å². The second-order valence-electron chi connectivity index (χ2n) is 4.11. The summed E-state index contributed by atoms with van der Waals surface area (Å²) in [6, 6.07) is 8.06. The topological polar surface area (TPSA) is 51.6 Å². The third-order valence-electron chi connectivity index (χ3n) is 3.02. The molecule has 0 amide bonds. The maximum atomic E-state index is 4.41. The number of hydrogen-bond acceptors (Lipinski definition) is 6. The molecule has 0 radical (unpaired) electrons. The molecule has 0 N–H and O–H groups in total. The minimum Gasteiger partial charge on any atom is -0.172 e. The number of fused-ring (bicyclic) bond motifs is 2. The first-order chi connectivity index (χ1) is 9.75. The average Bonchev–Trinajstić information content (AvgIpc) is 3.09.